The van der Waals surface area contributed by atoms with Crippen molar-refractivity contribution in [2.45, 2.75) is 18.4 Å². The van der Waals surface area contributed by atoms with Crippen LogP contribution in [-0.4, -0.2) is 25.2 Å². The van der Waals surface area contributed by atoms with E-state index >= 15 is 0 Å². The molecule has 1 aliphatic rings. The maximum atomic E-state index is 13.0. The van der Waals surface area contributed by atoms with Gasteiger partial charge < -0.3 is 15.2 Å². The van der Waals surface area contributed by atoms with Gasteiger partial charge in [0.05, 0.1) is 7.11 Å². The number of carbonyl (C=O) groups is 1. The predicted molar refractivity (Wildman–Crippen MR) is 63.6 cm³/mol. The van der Waals surface area contributed by atoms with Crippen molar-refractivity contribution in [1.82, 2.24) is 0 Å². The Balaban J connectivity index is 2.04. The number of rotatable bonds is 5. The molecule has 0 amide bonds. The molecule has 1 unspecified atom stereocenters. The molecule has 0 spiro atoms. The van der Waals surface area contributed by atoms with E-state index in [2.05, 4.69) is 0 Å². The first-order chi connectivity index (χ1) is 8.56. The van der Waals surface area contributed by atoms with Crippen molar-refractivity contribution in [3.05, 3.63) is 30.1 Å². The lowest BCUT2D eigenvalue weighted by atomic mass is 9.96. The van der Waals surface area contributed by atoms with Crippen molar-refractivity contribution >= 4 is 5.97 Å². The van der Waals surface area contributed by atoms with Gasteiger partial charge in [0, 0.05) is 6.07 Å². The monoisotopic (exact) mass is 253 g/mol. The van der Waals surface area contributed by atoms with E-state index in [0.717, 1.165) is 12.8 Å². The van der Waals surface area contributed by atoms with Gasteiger partial charge in [0.1, 0.15) is 18.2 Å². The second-order valence-electron chi connectivity index (χ2n) is 4.55. The Morgan fingerprint density at radius 2 is 2.28 bits per heavy atom. The first-order valence-corrected chi connectivity index (χ1v) is 5.82. The number of halogens is 1. The molecule has 1 saturated carbocycles. The molecule has 18 heavy (non-hydrogen) atoms. The van der Waals surface area contributed by atoms with E-state index in [9.17, 15) is 9.18 Å². The summed E-state index contributed by atoms with van der Waals surface area (Å²) in [6, 6.07) is 5.74. The zero-order chi connectivity index (χ0) is 13.2. The van der Waals surface area contributed by atoms with Crippen LogP contribution in [-0.2, 0) is 9.53 Å². The fraction of sp³-hybridized carbons (Fsp3) is 0.462. The summed E-state index contributed by atoms with van der Waals surface area (Å²) < 4.78 is 23.1. The first-order valence-electron chi connectivity index (χ1n) is 5.82. The minimum absolute atomic E-state index is 0.00616. The minimum Gasteiger partial charge on any atom is -0.491 e. The van der Waals surface area contributed by atoms with Crippen LogP contribution in [0, 0.1) is 11.7 Å². The molecule has 1 aromatic carbocycles. The van der Waals surface area contributed by atoms with E-state index < -0.39 is 11.5 Å². The molecular formula is C13H16FNO3. The average Bonchev–Trinajstić information content (AvgIpc) is 3.19. The fourth-order valence-corrected chi connectivity index (χ4v) is 1.89. The molecule has 0 bridgehead atoms. The summed E-state index contributed by atoms with van der Waals surface area (Å²) in [5, 5.41) is 0. The lowest BCUT2D eigenvalue weighted by molar-refractivity contribution is -0.149. The van der Waals surface area contributed by atoms with Crippen molar-refractivity contribution in [2.24, 2.45) is 11.7 Å². The van der Waals surface area contributed by atoms with Gasteiger partial charge in [0.25, 0.3) is 0 Å². The van der Waals surface area contributed by atoms with Crippen molar-refractivity contribution in [3.63, 3.8) is 0 Å². The topological polar surface area (TPSA) is 61.5 Å². The number of hydrogen-bond acceptors (Lipinski definition) is 4. The molecule has 0 saturated heterocycles. The largest absolute Gasteiger partial charge is 0.491 e. The van der Waals surface area contributed by atoms with Gasteiger partial charge in [-0.1, -0.05) is 6.07 Å². The molecule has 0 aliphatic heterocycles. The molecule has 1 atom stereocenters. The Labute approximate surface area is 105 Å². The van der Waals surface area contributed by atoms with E-state index in [1.807, 2.05) is 0 Å². The van der Waals surface area contributed by atoms with Gasteiger partial charge in [-0.25, -0.2) is 9.18 Å². The zero-order valence-electron chi connectivity index (χ0n) is 10.2. The van der Waals surface area contributed by atoms with Gasteiger partial charge >= 0.3 is 5.97 Å². The first kappa shape index (κ1) is 12.8. The van der Waals surface area contributed by atoms with Crippen LogP contribution in [0.1, 0.15) is 12.8 Å². The number of ether oxygens (including phenoxy) is 2. The molecule has 4 nitrogen and oxygen atoms in total. The molecule has 0 aromatic heterocycles. The number of hydrogen-bond donors (Lipinski definition) is 1. The Bertz CT molecular complexity index is 448. The summed E-state index contributed by atoms with van der Waals surface area (Å²) >= 11 is 0. The highest BCUT2D eigenvalue weighted by atomic mass is 19.1. The van der Waals surface area contributed by atoms with E-state index in [1.54, 1.807) is 6.07 Å². The molecule has 0 heterocycles. The number of esters is 1. The van der Waals surface area contributed by atoms with Crippen LogP contribution in [0.15, 0.2) is 24.3 Å². The summed E-state index contributed by atoms with van der Waals surface area (Å²) in [6.45, 7) is -0.00616. The summed E-state index contributed by atoms with van der Waals surface area (Å²) in [5.74, 6) is -0.436. The van der Waals surface area contributed by atoms with Gasteiger partial charge in [-0.15, -0.1) is 0 Å². The average molecular weight is 253 g/mol. The highest BCUT2D eigenvalue weighted by molar-refractivity contribution is 5.81. The van der Waals surface area contributed by atoms with Crippen LogP contribution in [0.25, 0.3) is 0 Å². The van der Waals surface area contributed by atoms with Crippen molar-refractivity contribution in [1.29, 1.82) is 0 Å². The van der Waals surface area contributed by atoms with Crippen LogP contribution in [0.5, 0.6) is 5.75 Å². The highest BCUT2D eigenvalue weighted by Gasteiger charge is 2.49. The third-order valence-electron chi connectivity index (χ3n) is 3.15. The standard InChI is InChI=1S/C13H16FNO3/c1-17-12(16)13(15,9-5-6-9)8-18-11-4-2-3-10(14)7-11/h2-4,7,9H,5-6,8,15H2,1H3. The molecule has 0 radical (unpaired) electrons. The van der Waals surface area contributed by atoms with Gasteiger partial charge in [-0.2, -0.15) is 0 Å². The third kappa shape index (κ3) is 2.61. The van der Waals surface area contributed by atoms with Gasteiger partial charge in [-0.05, 0) is 30.9 Å². The Hall–Kier alpha value is -1.62. The quantitative estimate of drug-likeness (QED) is 0.807. The lowest BCUT2D eigenvalue weighted by Crippen LogP contribution is -2.55. The normalized spacial score (nSPS) is 17.9. The number of carbonyl (C=O) groups excluding carboxylic acids is 1. The van der Waals surface area contributed by atoms with E-state index in [-0.39, 0.29) is 18.3 Å². The zero-order valence-corrected chi connectivity index (χ0v) is 10.2. The number of benzene rings is 1. The van der Waals surface area contributed by atoms with E-state index in [4.69, 9.17) is 15.2 Å². The lowest BCUT2D eigenvalue weighted by Gasteiger charge is -2.26. The summed E-state index contributed by atoms with van der Waals surface area (Å²) in [5.41, 5.74) is 4.91. The van der Waals surface area contributed by atoms with Crippen molar-refractivity contribution in [3.8, 4) is 5.75 Å². The molecule has 2 rings (SSSR count). The molecular weight excluding hydrogens is 237 g/mol. The van der Waals surface area contributed by atoms with E-state index in [1.165, 1.54) is 25.3 Å². The van der Waals surface area contributed by atoms with Crippen LogP contribution in [0.4, 0.5) is 4.39 Å². The third-order valence-corrected chi connectivity index (χ3v) is 3.15. The maximum absolute atomic E-state index is 13.0. The second kappa shape index (κ2) is 4.94. The Morgan fingerprint density at radius 1 is 1.56 bits per heavy atom. The number of methoxy groups -OCH3 is 1. The molecule has 1 aliphatic carbocycles. The van der Waals surface area contributed by atoms with Crippen LogP contribution in [0.2, 0.25) is 0 Å². The summed E-state index contributed by atoms with van der Waals surface area (Å²) in [7, 11) is 1.30. The van der Waals surface area contributed by atoms with Crippen LogP contribution < -0.4 is 10.5 Å². The molecule has 1 aromatic rings. The fourth-order valence-electron chi connectivity index (χ4n) is 1.89. The Morgan fingerprint density at radius 3 is 2.83 bits per heavy atom. The van der Waals surface area contributed by atoms with Crippen molar-refractivity contribution < 1.29 is 18.7 Å². The molecule has 1 fully saturated rings. The van der Waals surface area contributed by atoms with E-state index in [0.29, 0.717) is 5.75 Å². The Kier molecular flexibility index (Phi) is 3.52. The minimum atomic E-state index is -1.14. The molecule has 2 N–H and O–H groups in total. The maximum Gasteiger partial charge on any atom is 0.329 e. The highest BCUT2D eigenvalue weighted by Crippen LogP contribution is 2.39. The smallest absolute Gasteiger partial charge is 0.329 e. The number of nitrogens with two attached hydrogens (primary N) is 1. The molecule has 98 valence electrons. The summed E-state index contributed by atoms with van der Waals surface area (Å²) in [4.78, 5) is 11.7. The molecule has 5 heteroatoms. The van der Waals surface area contributed by atoms with Gasteiger partial charge in [0.15, 0.2) is 5.54 Å². The van der Waals surface area contributed by atoms with Crippen LogP contribution >= 0.6 is 0 Å². The van der Waals surface area contributed by atoms with Crippen molar-refractivity contribution in [2.75, 3.05) is 13.7 Å². The van der Waals surface area contributed by atoms with Gasteiger partial charge in [-0.3, -0.25) is 0 Å². The second-order valence-corrected chi connectivity index (χ2v) is 4.55. The van der Waals surface area contributed by atoms with Gasteiger partial charge in [0.2, 0.25) is 0 Å². The van der Waals surface area contributed by atoms with Crippen LogP contribution in [0.3, 0.4) is 0 Å². The predicted octanol–water partition coefficient (Wildman–Crippen LogP) is 1.48. The SMILES string of the molecule is COC(=O)C(N)(COc1cccc(F)c1)C1CC1. The summed E-state index contributed by atoms with van der Waals surface area (Å²) in [6.07, 6.45) is 1.77.